The van der Waals surface area contributed by atoms with Crippen LogP contribution in [0.15, 0.2) is 47.0 Å². The number of amides is 3. The summed E-state index contributed by atoms with van der Waals surface area (Å²) in [5, 5.41) is 12.8. The van der Waals surface area contributed by atoms with E-state index in [4.69, 9.17) is 21.1 Å². The Labute approximate surface area is 245 Å². The van der Waals surface area contributed by atoms with Crippen LogP contribution in [-0.2, 0) is 28.7 Å². The van der Waals surface area contributed by atoms with E-state index >= 15 is 0 Å². The maximum Gasteiger partial charge on any atom is 0.313 e. The highest BCUT2D eigenvalue weighted by Gasteiger charge is 2.74. The molecule has 40 heavy (non-hydrogen) atoms. The smallest absolute Gasteiger partial charge is 0.313 e. The van der Waals surface area contributed by atoms with Gasteiger partial charge >= 0.3 is 5.97 Å². The van der Waals surface area contributed by atoms with Gasteiger partial charge in [-0.3, -0.25) is 19.2 Å². The van der Waals surface area contributed by atoms with Gasteiger partial charge in [0.25, 0.3) is 5.91 Å². The highest BCUT2D eigenvalue weighted by molar-refractivity contribution is 9.11. The molecular weight excluding hydrogens is 606 g/mol. The first-order valence-corrected chi connectivity index (χ1v) is 14.5. The summed E-state index contributed by atoms with van der Waals surface area (Å²) in [6, 6.07) is 5.69. The van der Waals surface area contributed by atoms with E-state index in [1.807, 2.05) is 6.08 Å². The number of hydrogen-bond acceptors (Lipinski definition) is 7. The Morgan fingerprint density at radius 3 is 2.62 bits per heavy atom. The van der Waals surface area contributed by atoms with Crippen LogP contribution in [0.4, 0.5) is 5.69 Å². The minimum absolute atomic E-state index is 0.109. The van der Waals surface area contributed by atoms with E-state index < -0.39 is 53.5 Å². The average molecular weight is 637 g/mol. The van der Waals surface area contributed by atoms with Gasteiger partial charge in [0.15, 0.2) is 0 Å². The number of rotatable bonds is 4. The third kappa shape index (κ3) is 5.08. The molecule has 0 saturated carbocycles. The Bertz CT molecular complexity index is 1250. The first-order valence-electron chi connectivity index (χ1n) is 13.3. The number of likely N-dealkylation sites (tertiary alicyclic amines) is 1. The van der Waals surface area contributed by atoms with Crippen LogP contribution in [0.1, 0.15) is 26.2 Å². The number of allylic oxidation sites excluding steroid dienone is 1. The maximum atomic E-state index is 14.5. The van der Waals surface area contributed by atoms with Gasteiger partial charge in [0.2, 0.25) is 11.8 Å². The fourth-order valence-corrected chi connectivity index (χ4v) is 6.88. The van der Waals surface area contributed by atoms with Gasteiger partial charge in [0, 0.05) is 41.3 Å². The lowest BCUT2D eigenvalue weighted by Gasteiger charge is -2.35. The molecule has 2 fully saturated rings. The Hall–Kier alpha value is -2.73. The first kappa shape index (κ1) is 28.8. The van der Waals surface area contributed by atoms with Gasteiger partial charge < -0.3 is 29.7 Å². The number of carbonyl (C=O) groups is 4. The molecule has 1 aromatic rings. The van der Waals surface area contributed by atoms with Crippen LogP contribution >= 0.6 is 27.5 Å². The third-order valence-corrected chi connectivity index (χ3v) is 8.72. The van der Waals surface area contributed by atoms with Gasteiger partial charge in [-0.2, -0.15) is 0 Å². The summed E-state index contributed by atoms with van der Waals surface area (Å²) >= 11 is 9.63. The molecule has 2 saturated heterocycles. The topological polar surface area (TPSA) is 125 Å². The largest absolute Gasteiger partial charge is 0.460 e. The second kappa shape index (κ2) is 11.6. The molecule has 1 aromatic carbocycles. The SMILES string of the molecule is C[C@@H]1CNC(=O)CC/C=C\CN(c2ccc(Cl)cc2)C(=O)[C@@H]2N(CCCO)C(=O)[C@H]3[C@H](C(=O)O1)[C@H]1O[C@@]23C=C1Br. The summed E-state index contributed by atoms with van der Waals surface area (Å²) in [5.74, 6) is -3.60. The minimum Gasteiger partial charge on any atom is -0.460 e. The zero-order chi connectivity index (χ0) is 28.6. The van der Waals surface area contributed by atoms with E-state index in [1.165, 1.54) is 9.80 Å². The molecule has 0 aliphatic carbocycles. The molecular formula is C28H31BrClN3O7. The fraction of sp³-hybridized carbons (Fsp3) is 0.500. The first-order chi connectivity index (χ1) is 19.2. The zero-order valence-corrected chi connectivity index (χ0v) is 24.3. The van der Waals surface area contributed by atoms with Gasteiger partial charge in [-0.05, 0) is 50.1 Å². The molecule has 4 aliphatic rings. The van der Waals surface area contributed by atoms with Crippen molar-refractivity contribution in [3.63, 3.8) is 0 Å². The lowest BCUT2D eigenvalue weighted by atomic mass is 9.74. The third-order valence-electron chi connectivity index (χ3n) is 7.79. The molecule has 5 rings (SSSR count). The molecule has 6 atom stereocenters. The van der Waals surface area contributed by atoms with Gasteiger partial charge in [0.05, 0.1) is 12.5 Å². The molecule has 0 aromatic heterocycles. The maximum absolute atomic E-state index is 14.5. The zero-order valence-electron chi connectivity index (χ0n) is 21.9. The summed E-state index contributed by atoms with van der Waals surface area (Å²) < 4.78 is 12.7. The molecule has 10 nitrogen and oxygen atoms in total. The number of carbonyl (C=O) groups excluding carboxylic acids is 4. The summed E-state index contributed by atoms with van der Waals surface area (Å²) in [7, 11) is 0. The van der Waals surface area contributed by atoms with Crippen molar-refractivity contribution in [1.29, 1.82) is 0 Å². The lowest BCUT2D eigenvalue weighted by Crippen LogP contribution is -2.56. The molecule has 214 valence electrons. The molecule has 0 unspecified atom stereocenters. The Balaban J connectivity index is 1.61. The highest BCUT2D eigenvalue weighted by Crippen LogP contribution is 2.59. The Morgan fingerprint density at radius 2 is 1.90 bits per heavy atom. The summed E-state index contributed by atoms with van der Waals surface area (Å²) in [4.78, 5) is 57.3. The van der Waals surface area contributed by atoms with Gasteiger partial charge in [0.1, 0.15) is 29.8 Å². The molecule has 3 amide bonds. The summed E-state index contributed by atoms with van der Waals surface area (Å²) in [6.07, 6.45) is 4.87. The number of aliphatic hydroxyl groups is 1. The number of cyclic esters (lactones) is 1. The number of nitrogens with one attached hydrogen (secondary N) is 1. The van der Waals surface area contributed by atoms with Crippen LogP contribution in [0.2, 0.25) is 5.02 Å². The monoisotopic (exact) mass is 635 g/mol. The summed E-state index contributed by atoms with van der Waals surface area (Å²) in [5.41, 5.74) is -0.846. The quantitative estimate of drug-likeness (QED) is 0.384. The number of nitrogens with zero attached hydrogens (tertiary/aromatic N) is 2. The summed E-state index contributed by atoms with van der Waals surface area (Å²) in [6.45, 7) is 1.89. The number of hydrogen-bond donors (Lipinski definition) is 2. The predicted octanol–water partition coefficient (Wildman–Crippen LogP) is 2.33. The normalized spacial score (nSPS) is 33.5. The second-order valence-corrected chi connectivity index (χ2v) is 11.8. The van der Waals surface area contributed by atoms with Gasteiger partial charge in [-0.15, -0.1) is 0 Å². The number of aliphatic hydroxyl groups excluding tert-OH is 1. The van der Waals surface area contributed by atoms with Crippen molar-refractivity contribution in [1.82, 2.24) is 10.2 Å². The molecule has 0 radical (unpaired) electrons. The van der Waals surface area contributed by atoms with E-state index in [0.717, 1.165) is 0 Å². The number of anilines is 1. The van der Waals surface area contributed by atoms with Gasteiger partial charge in [-0.1, -0.05) is 39.7 Å². The Kier molecular flexibility index (Phi) is 8.37. The van der Waals surface area contributed by atoms with Gasteiger partial charge in [-0.25, -0.2) is 0 Å². The van der Waals surface area contributed by atoms with E-state index in [2.05, 4.69) is 21.2 Å². The number of esters is 1. The van der Waals surface area contributed by atoms with Crippen LogP contribution in [0, 0.1) is 11.8 Å². The van der Waals surface area contributed by atoms with Crippen LogP contribution in [0.5, 0.6) is 0 Å². The van der Waals surface area contributed by atoms with E-state index in [-0.39, 0.29) is 45.0 Å². The standard InChI is InChI=1S/C28H31BrClN3O7/c1-16-15-31-20(35)6-3-2-4-11-32(18-9-7-17(30)8-10-18)26(37)24-28-14-19(29)23(40-28)21(27(38)39-16)22(28)25(36)33(24)12-5-13-34/h2,4,7-10,14,16,21-24,34H,3,5-6,11-13,15H2,1H3,(H,31,35)/b4-2-/t16-,21+,22-,23+,24+,28-/m1/s1. The molecule has 5 bridgehead atoms. The van der Waals surface area contributed by atoms with E-state index in [0.29, 0.717) is 21.6 Å². The fourth-order valence-electron chi connectivity index (χ4n) is 6.02. The highest BCUT2D eigenvalue weighted by atomic mass is 79.9. The average Bonchev–Trinajstić information content (AvgIpc) is 3.51. The van der Waals surface area contributed by atoms with E-state index in [9.17, 15) is 24.3 Å². The van der Waals surface area contributed by atoms with Crippen molar-refractivity contribution >= 4 is 56.9 Å². The number of fused-ring (bicyclic) bond motifs is 2. The Morgan fingerprint density at radius 1 is 1.15 bits per heavy atom. The second-order valence-electron chi connectivity index (χ2n) is 10.4. The molecule has 4 heterocycles. The molecule has 4 aliphatic heterocycles. The van der Waals surface area contributed by atoms with Crippen molar-refractivity contribution in [3.05, 3.63) is 52.0 Å². The molecule has 12 heteroatoms. The van der Waals surface area contributed by atoms with Crippen molar-refractivity contribution in [2.24, 2.45) is 11.8 Å². The van der Waals surface area contributed by atoms with Crippen molar-refractivity contribution in [2.45, 2.75) is 50.0 Å². The molecule has 2 N–H and O–H groups in total. The number of ether oxygens (including phenoxy) is 2. The van der Waals surface area contributed by atoms with Crippen molar-refractivity contribution < 1.29 is 33.8 Å². The van der Waals surface area contributed by atoms with Crippen LogP contribution in [-0.4, -0.2) is 83.8 Å². The predicted molar refractivity (Wildman–Crippen MR) is 150 cm³/mol. The van der Waals surface area contributed by atoms with Crippen molar-refractivity contribution in [2.75, 3.05) is 31.1 Å². The van der Waals surface area contributed by atoms with Crippen LogP contribution < -0.4 is 10.2 Å². The lowest BCUT2D eigenvalue weighted by molar-refractivity contribution is -0.158. The number of benzene rings is 1. The molecule has 1 spiro atoms. The number of halogens is 2. The minimum atomic E-state index is -1.41. The van der Waals surface area contributed by atoms with Crippen molar-refractivity contribution in [3.8, 4) is 0 Å². The van der Waals surface area contributed by atoms with Crippen LogP contribution in [0.3, 0.4) is 0 Å². The van der Waals surface area contributed by atoms with Crippen LogP contribution in [0.25, 0.3) is 0 Å². The van der Waals surface area contributed by atoms with E-state index in [1.54, 1.807) is 43.3 Å².